The van der Waals surface area contributed by atoms with Crippen molar-refractivity contribution in [2.24, 2.45) is 0 Å². The third-order valence-electron chi connectivity index (χ3n) is 2.34. The van der Waals surface area contributed by atoms with Crippen LogP contribution in [-0.2, 0) is 6.54 Å². The van der Waals surface area contributed by atoms with Crippen LogP contribution in [-0.4, -0.2) is 33.2 Å². The number of hydrogen-bond acceptors (Lipinski definition) is 4. The number of hydrogen-bond donors (Lipinski definition) is 3. The molecule has 1 aromatic carbocycles. The predicted octanol–water partition coefficient (Wildman–Crippen LogP) is 1.05. The number of amides is 2. The maximum atomic E-state index is 11.9. The van der Waals surface area contributed by atoms with E-state index in [-0.39, 0.29) is 6.03 Å². The molecular weight excluding hydrogens is 232 g/mol. The van der Waals surface area contributed by atoms with Gasteiger partial charge in [0.25, 0.3) is 0 Å². The number of carbonyl (C=O) groups excluding carboxylic acids is 1. The number of rotatable bonds is 3. The standard InChI is InChI=1S/C11H14N6O/c1-17(6-10-13-7-14-16-10)11(18)15-9-4-2-3-8(12)5-9/h2-5,7H,6,12H2,1H3,(H,15,18)(H,13,14,16). The van der Waals surface area contributed by atoms with Crippen molar-refractivity contribution in [1.29, 1.82) is 0 Å². The Kier molecular flexibility index (Phi) is 3.42. The summed E-state index contributed by atoms with van der Waals surface area (Å²) in [6.45, 7) is 0.355. The van der Waals surface area contributed by atoms with Crippen molar-refractivity contribution in [3.63, 3.8) is 0 Å². The highest BCUT2D eigenvalue weighted by atomic mass is 16.2. The van der Waals surface area contributed by atoms with Crippen LogP contribution in [0.25, 0.3) is 0 Å². The minimum absolute atomic E-state index is 0.239. The second kappa shape index (κ2) is 5.17. The van der Waals surface area contributed by atoms with Gasteiger partial charge in [-0.25, -0.2) is 9.78 Å². The molecule has 0 aliphatic carbocycles. The number of anilines is 2. The molecule has 18 heavy (non-hydrogen) atoms. The number of benzene rings is 1. The Labute approximate surface area is 104 Å². The first-order valence-corrected chi connectivity index (χ1v) is 5.37. The zero-order chi connectivity index (χ0) is 13.0. The number of nitrogens with zero attached hydrogens (tertiary/aromatic N) is 3. The van der Waals surface area contributed by atoms with E-state index in [9.17, 15) is 4.79 Å². The van der Waals surface area contributed by atoms with Crippen molar-refractivity contribution < 1.29 is 4.79 Å². The molecule has 0 aliphatic heterocycles. The molecule has 2 rings (SSSR count). The number of carbonyl (C=O) groups is 1. The smallest absolute Gasteiger partial charge is 0.321 e. The van der Waals surface area contributed by atoms with Gasteiger partial charge in [0.15, 0.2) is 0 Å². The van der Waals surface area contributed by atoms with Gasteiger partial charge >= 0.3 is 6.03 Å². The molecule has 7 heteroatoms. The van der Waals surface area contributed by atoms with E-state index < -0.39 is 0 Å². The Hall–Kier alpha value is -2.57. The number of urea groups is 1. The molecule has 4 N–H and O–H groups in total. The summed E-state index contributed by atoms with van der Waals surface area (Å²) in [5.74, 6) is 0.625. The molecule has 94 valence electrons. The van der Waals surface area contributed by atoms with E-state index in [1.807, 2.05) is 0 Å². The first-order chi connectivity index (χ1) is 8.65. The minimum Gasteiger partial charge on any atom is -0.399 e. The monoisotopic (exact) mass is 246 g/mol. The van der Waals surface area contributed by atoms with Crippen LogP contribution in [0.4, 0.5) is 16.2 Å². The molecule has 2 aromatic rings. The summed E-state index contributed by atoms with van der Waals surface area (Å²) in [6.07, 6.45) is 1.40. The third-order valence-corrected chi connectivity index (χ3v) is 2.34. The Morgan fingerprint density at radius 2 is 2.39 bits per heavy atom. The highest BCUT2D eigenvalue weighted by molar-refractivity contribution is 5.89. The summed E-state index contributed by atoms with van der Waals surface area (Å²) in [6, 6.07) is 6.77. The average molecular weight is 246 g/mol. The zero-order valence-electron chi connectivity index (χ0n) is 9.92. The lowest BCUT2D eigenvalue weighted by molar-refractivity contribution is 0.219. The van der Waals surface area contributed by atoms with Gasteiger partial charge in [0, 0.05) is 18.4 Å². The van der Waals surface area contributed by atoms with Crippen molar-refractivity contribution in [3.05, 3.63) is 36.4 Å². The van der Waals surface area contributed by atoms with Crippen molar-refractivity contribution in [1.82, 2.24) is 20.1 Å². The van der Waals surface area contributed by atoms with Gasteiger partial charge in [-0.3, -0.25) is 5.10 Å². The summed E-state index contributed by atoms with van der Waals surface area (Å²) in [5, 5.41) is 9.15. The van der Waals surface area contributed by atoms with Crippen LogP contribution in [0.3, 0.4) is 0 Å². The Balaban J connectivity index is 1.95. The van der Waals surface area contributed by atoms with Crippen molar-refractivity contribution in [2.75, 3.05) is 18.1 Å². The van der Waals surface area contributed by atoms with Crippen LogP contribution in [0, 0.1) is 0 Å². The van der Waals surface area contributed by atoms with Gasteiger partial charge in [0.05, 0.1) is 6.54 Å². The number of H-pyrrole nitrogens is 1. The van der Waals surface area contributed by atoms with Crippen LogP contribution in [0.5, 0.6) is 0 Å². The summed E-state index contributed by atoms with van der Waals surface area (Å²) in [5.41, 5.74) is 6.89. The van der Waals surface area contributed by atoms with Crippen LogP contribution in [0.15, 0.2) is 30.6 Å². The van der Waals surface area contributed by atoms with E-state index in [4.69, 9.17) is 5.73 Å². The van der Waals surface area contributed by atoms with Crippen LogP contribution in [0.1, 0.15) is 5.82 Å². The number of nitrogens with two attached hydrogens (primary N) is 1. The molecule has 0 spiro atoms. The van der Waals surface area contributed by atoms with Crippen molar-refractivity contribution in [3.8, 4) is 0 Å². The summed E-state index contributed by atoms with van der Waals surface area (Å²) >= 11 is 0. The first-order valence-electron chi connectivity index (χ1n) is 5.37. The van der Waals surface area contributed by atoms with E-state index in [1.165, 1.54) is 11.2 Å². The minimum atomic E-state index is -0.239. The molecule has 2 amide bonds. The van der Waals surface area contributed by atoms with E-state index in [1.54, 1.807) is 31.3 Å². The highest BCUT2D eigenvalue weighted by Gasteiger charge is 2.10. The van der Waals surface area contributed by atoms with Crippen LogP contribution in [0.2, 0.25) is 0 Å². The van der Waals surface area contributed by atoms with Crippen molar-refractivity contribution >= 4 is 17.4 Å². The van der Waals surface area contributed by atoms with Gasteiger partial charge in [-0.05, 0) is 18.2 Å². The largest absolute Gasteiger partial charge is 0.399 e. The fourth-order valence-corrected chi connectivity index (χ4v) is 1.44. The normalized spacial score (nSPS) is 10.1. The summed E-state index contributed by atoms with van der Waals surface area (Å²) < 4.78 is 0. The van der Waals surface area contributed by atoms with Gasteiger partial charge < -0.3 is 16.0 Å². The first kappa shape index (κ1) is 11.9. The predicted molar refractivity (Wildman–Crippen MR) is 67.7 cm³/mol. The topological polar surface area (TPSA) is 99.9 Å². The molecule has 0 bridgehead atoms. The van der Waals surface area contributed by atoms with Gasteiger partial charge in [-0.2, -0.15) is 5.10 Å². The molecule has 1 aromatic heterocycles. The molecule has 1 heterocycles. The molecule has 0 atom stereocenters. The molecule has 0 saturated heterocycles. The summed E-state index contributed by atoms with van der Waals surface area (Å²) in [4.78, 5) is 17.3. The second-order valence-corrected chi connectivity index (χ2v) is 3.84. The third kappa shape index (κ3) is 2.97. The SMILES string of the molecule is CN(Cc1ncn[nH]1)C(=O)Nc1cccc(N)c1. The van der Waals surface area contributed by atoms with E-state index in [2.05, 4.69) is 20.5 Å². The van der Waals surface area contributed by atoms with Gasteiger partial charge in [-0.15, -0.1) is 0 Å². The lowest BCUT2D eigenvalue weighted by Crippen LogP contribution is -2.31. The van der Waals surface area contributed by atoms with Crippen LogP contribution < -0.4 is 11.1 Å². The maximum absolute atomic E-state index is 11.9. The van der Waals surface area contributed by atoms with Gasteiger partial charge in [0.1, 0.15) is 12.2 Å². The van der Waals surface area contributed by atoms with E-state index >= 15 is 0 Å². The fourth-order valence-electron chi connectivity index (χ4n) is 1.44. The Bertz CT molecular complexity index is 524. The Morgan fingerprint density at radius 1 is 1.56 bits per heavy atom. The quantitative estimate of drug-likeness (QED) is 0.705. The van der Waals surface area contributed by atoms with Crippen LogP contribution >= 0.6 is 0 Å². The molecule has 0 unspecified atom stereocenters. The van der Waals surface area contributed by atoms with E-state index in [0.29, 0.717) is 23.7 Å². The number of aromatic nitrogens is 3. The zero-order valence-corrected chi connectivity index (χ0v) is 9.92. The maximum Gasteiger partial charge on any atom is 0.321 e. The summed E-state index contributed by atoms with van der Waals surface area (Å²) in [7, 11) is 1.67. The molecule has 7 nitrogen and oxygen atoms in total. The van der Waals surface area contributed by atoms with Gasteiger partial charge in [0.2, 0.25) is 0 Å². The number of aromatic amines is 1. The molecule has 0 saturated carbocycles. The fraction of sp³-hybridized carbons (Fsp3) is 0.182. The van der Waals surface area contributed by atoms with Gasteiger partial charge in [-0.1, -0.05) is 6.07 Å². The molecule has 0 radical (unpaired) electrons. The van der Waals surface area contributed by atoms with Crippen molar-refractivity contribution in [2.45, 2.75) is 6.54 Å². The molecular formula is C11H14N6O. The number of nitrogens with one attached hydrogen (secondary N) is 2. The van der Waals surface area contributed by atoms with E-state index in [0.717, 1.165) is 0 Å². The second-order valence-electron chi connectivity index (χ2n) is 3.84. The highest BCUT2D eigenvalue weighted by Crippen LogP contribution is 2.12. The lowest BCUT2D eigenvalue weighted by Gasteiger charge is -2.16. The molecule has 0 aliphatic rings. The lowest BCUT2D eigenvalue weighted by atomic mass is 10.3. The molecule has 0 fully saturated rings. The number of nitrogen functional groups attached to an aromatic ring is 1. The average Bonchev–Trinajstić information content (AvgIpc) is 2.81. The Morgan fingerprint density at radius 3 is 3.06 bits per heavy atom.